The van der Waals surface area contributed by atoms with Gasteiger partial charge in [0.25, 0.3) is 0 Å². The predicted molar refractivity (Wildman–Crippen MR) is 57.4 cm³/mol. The molecular weight excluding hydrogens is 230 g/mol. The molecule has 0 aliphatic heterocycles. The zero-order valence-electron chi connectivity index (χ0n) is 9.14. The Morgan fingerprint density at radius 1 is 1.19 bits per heavy atom. The Kier molecular flexibility index (Phi) is 3.40. The number of hydrogen-bond donors (Lipinski definition) is 0. The second-order valence-electron chi connectivity index (χ2n) is 3.06. The minimum atomic E-state index is -3.55. The molecule has 1 aromatic rings. The van der Waals surface area contributed by atoms with Gasteiger partial charge in [-0.3, -0.25) is 0 Å². The number of sulfone groups is 1. The molecule has 0 atom stereocenters. The summed E-state index contributed by atoms with van der Waals surface area (Å²) in [7, 11) is -0.834. The van der Waals surface area contributed by atoms with Crippen LogP contribution in [0.2, 0.25) is 0 Å². The van der Waals surface area contributed by atoms with Gasteiger partial charge < -0.3 is 9.47 Å². The molecule has 0 bridgehead atoms. The third kappa shape index (κ3) is 2.09. The van der Waals surface area contributed by atoms with Gasteiger partial charge >= 0.3 is 0 Å². The van der Waals surface area contributed by atoms with Crippen LogP contribution in [0, 0.1) is 11.3 Å². The lowest BCUT2D eigenvalue weighted by Gasteiger charge is -2.11. The molecule has 86 valence electrons. The summed E-state index contributed by atoms with van der Waals surface area (Å²) in [6, 6.07) is 4.76. The zero-order chi connectivity index (χ0) is 12.3. The lowest BCUT2D eigenvalue weighted by molar-refractivity contribution is 0.391. The Morgan fingerprint density at radius 2 is 1.69 bits per heavy atom. The molecule has 6 heteroatoms. The summed E-state index contributed by atoms with van der Waals surface area (Å²) in [5.41, 5.74) is -0.0376. The number of benzene rings is 1. The maximum absolute atomic E-state index is 11.6. The van der Waals surface area contributed by atoms with Crippen molar-refractivity contribution in [3.8, 4) is 17.6 Å². The van der Waals surface area contributed by atoms with Crippen LogP contribution in [0.1, 0.15) is 5.56 Å². The molecule has 0 N–H and O–H groups in total. The van der Waals surface area contributed by atoms with E-state index in [4.69, 9.17) is 14.7 Å². The van der Waals surface area contributed by atoms with Gasteiger partial charge in [-0.05, 0) is 12.1 Å². The number of ether oxygens (including phenoxy) is 2. The fourth-order valence-electron chi connectivity index (χ4n) is 1.35. The van der Waals surface area contributed by atoms with Crippen molar-refractivity contribution < 1.29 is 17.9 Å². The highest BCUT2D eigenvalue weighted by Gasteiger charge is 2.22. The van der Waals surface area contributed by atoms with Gasteiger partial charge in [0.2, 0.25) is 0 Å². The van der Waals surface area contributed by atoms with E-state index in [1.807, 2.05) is 6.07 Å². The van der Waals surface area contributed by atoms with Crippen LogP contribution in [0.25, 0.3) is 0 Å². The molecule has 0 aromatic heterocycles. The number of nitriles is 1. The molecule has 0 amide bonds. The topological polar surface area (TPSA) is 76.4 Å². The van der Waals surface area contributed by atoms with Crippen LogP contribution in [-0.4, -0.2) is 28.9 Å². The van der Waals surface area contributed by atoms with Crippen molar-refractivity contribution in [3.05, 3.63) is 17.7 Å². The quantitative estimate of drug-likeness (QED) is 0.788. The van der Waals surface area contributed by atoms with Crippen LogP contribution in [0.5, 0.6) is 11.5 Å². The third-order valence-electron chi connectivity index (χ3n) is 2.01. The average Bonchev–Trinajstić information content (AvgIpc) is 2.25. The van der Waals surface area contributed by atoms with Crippen LogP contribution < -0.4 is 9.47 Å². The Bertz CT molecular complexity index is 543. The summed E-state index contributed by atoms with van der Waals surface area (Å²) in [5.74, 6) is 0.351. The molecule has 0 radical (unpaired) electrons. The standard InChI is InChI=1S/C10H11NO4S/c1-14-8-4-5-9(15-2)10(7(8)6-11)16(3,12)13/h4-5H,1-3H3. The molecule has 5 nitrogen and oxygen atoms in total. The number of methoxy groups -OCH3 is 2. The van der Waals surface area contributed by atoms with E-state index in [0.29, 0.717) is 0 Å². The van der Waals surface area contributed by atoms with E-state index in [0.717, 1.165) is 6.26 Å². The van der Waals surface area contributed by atoms with E-state index < -0.39 is 9.84 Å². The molecule has 0 aliphatic rings. The van der Waals surface area contributed by atoms with E-state index in [1.165, 1.54) is 26.4 Å². The van der Waals surface area contributed by atoms with Gasteiger partial charge in [0.05, 0.1) is 14.2 Å². The predicted octanol–water partition coefficient (Wildman–Crippen LogP) is 0.979. The van der Waals surface area contributed by atoms with Crippen molar-refractivity contribution in [2.24, 2.45) is 0 Å². The van der Waals surface area contributed by atoms with Gasteiger partial charge in [0.15, 0.2) is 9.84 Å². The molecule has 0 spiro atoms. The maximum atomic E-state index is 11.6. The second-order valence-corrected chi connectivity index (χ2v) is 5.01. The molecule has 1 rings (SSSR count). The first-order valence-corrected chi connectivity index (χ1v) is 6.20. The van der Waals surface area contributed by atoms with Crippen LogP contribution in [0.4, 0.5) is 0 Å². The van der Waals surface area contributed by atoms with Crippen LogP contribution >= 0.6 is 0 Å². The Morgan fingerprint density at radius 3 is 2.06 bits per heavy atom. The van der Waals surface area contributed by atoms with Gasteiger partial charge in [0, 0.05) is 6.26 Å². The van der Waals surface area contributed by atoms with E-state index in [9.17, 15) is 8.42 Å². The number of rotatable bonds is 3. The lowest BCUT2D eigenvalue weighted by atomic mass is 10.2. The van der Waals surface area contributed by atoms with E-state index in [1.54, 1.807) is 0 Å². The molecule has 0 saturated carbocycles. The molecule has 0 fully saturated rings. The van der Waals surface area contributed by atoms with Crippen molar-refractivity contribution in [2.45, 2.75) is 4.90 Å². The molecule has 0 unspecified atom stereocenters. The lowest BCUT2D eigenvalue weighted by Crippen LogP contribution is -2.05. The smallest absolute Gasteiger partial charge is 0.180 e. The van der Waals surface area contributed by atoms with Crippen molar-refractivity contribution in [2.75, 3.05) is 20.5 Å². The largest absolute Gasteiger partial charge is 0.495 e. The van der Waals surface area contributed by atoms with Gasteiger partial charge in [-0.1, -0.05) is 0 Å². The SMILES string of the molecule is COc1ccc(OC)c(S(C)(=O)=O)c1C#N. The normalized spacial score (nSPS) is 10.6. The summed E-state index contributed by atoms with van der Waals surface area (Å²) in [5, 5.41) is 8.96. The summed E-state index contributed by atoms with van der Waals surface area (Å²) in [6.45, 7) is 0. The zero-order valence-corrected chi connectivity index (χ0v) is 9.96. The first-order chi connectivity index (χ1) is 7.45. The van der Waals surface area contributed by atoms with E-state index in [2.05, 4.69) is 0 Å². The van der Waals surface area contributed by atoms with Crippen molar-refractivity contribution >= 4 is 9.84 Å². The van der Waals surface area contributed by atoms with Gasteiger partial charge in [-0.25, -0.2) is 8.42 Å². The van der Waals surface area contributed by atoms with Crippen LogP contribution in [0.15, 0.2) is 17.0 Å². The molecule has 0 aliphatic carbocycles. The van der Waals surface area contributed by atoms with Gasteiger partial charge in [-0.15, -0.1) is 0 Å². The fraction of sp³-hybridized carbons (Fsp3) is 0.300. The summed E-state index contributed by atoms with van der Waals surface area (Å²) in [4.78, 5) is -0.142. The van der Waals surface area contributed by atoms with Gasteiger partial charge in [0.1, 0.15) is 28.0 Å². The second kappa shape index (κ2) is 4.41. The first-order valence-electron chi connectivity index (χ1n) is 4.30. The molecule has 0 saturated heterocycles. The van der Waals surface area contributed by atoms with E-state index >= 15 is 0 Å². The highest BCUT2D eigenvalue weighted by Crippen LogP contribution is 2.33. The maximum Gasteiger partial charge on any atom is 0.180 e. The van der Waals surface area contributed by atoms with Crippen LogP contribution in [-0.2, 0) is 9.84 Å². The van der Waals surface area contributed by atoms with Crippen molar-refractivity contribution in [3.63, 3.8) is 0 Å². The molecular formula is C10H11NO4S. The molecule has 16 heavy (non-hydrogen) atoms. The highest BCUT2D eigenvalue weighted by molar-refractivity contribution is 7.90. The van der Waals surface area contributed by atoms with Crippen molar-refractivity contribution in [1.82, 2.24) is 0 Å². The van der Waals surface area contributed by atoms with Crippen LogP contribution in [0.3, 0.4) is 0 Å². The molecule has 0 heterocycles. The van der Waals surface area contributed by atoms with Gasteiger partial charge in [-0.2, -0.15) is 5.26 Å². The summed E-state index contributed by atoms with van der Waals surface area (Å²) < 4.78 is 33.0. The minimum absolute atomic E-state index is 0.0376. The third-order valence-corrected chi connectivity index (χ3v) is 3.15. The number of hydrogen-bond acceptors (Lipinski definition) is 5. The Labute approximate surface area is 94.1 Å². The average molecular weight is 241 g/mol. The minimum Gasteiger partial charge on any atom is -0.495 e. The summed E-state index contributed by atoms with van der Waals surface area (Å²) in [6.07, 6.45) is 1.02. The Hall–Kier alpha value is -1.74. The fourth-order valence-corrected chi connectivity index (χ4v) is 2.38. The van der Waals surface area contributed by atoms with E-state index in [-0.39, 0.29) is 22.0 Å². The molecule has 1 aromatic carbocycles. The van der Waals surface area contributed by atoms with Crippen molar-refractivity contribution in [1.29, 1.82) is 5.26 Å². The Balaban J connectivity index is 3.72. The summed E-state index contributed by atoms with van der Waals surface area (Å²) >= 11 is 0. The number of nitrogens with zero attached hydrogens (tertiary/aromatic N) is 1. The highest BCUT2D eigenvalue weighted by atomic mass is 32.2. The first kappa shape index (κ1) is 12.3. The monoisotopic (exact) mass is 241 g/mol.